The van der Waals surface area contributed by atoms with Gasteiger partial charge in [-0.05, 0) is 51.1 Å². The highest BCUT2D eigenvalue weighted by Crippen LogP contribution is 2.29. The Labute approximate surface area is 177 Å². The predicted octanol–water partition coefficient (Wildman–Crippen LogP) is 3.85. The third-order valence-electron chi connectivity index (χ3n) is 5.26. The molecule has 1 aliphatic rings. The molecule has 0 bridgehead atoms. The van der Waals surface area contributed by atoms with Crippen molar-refractivity contribution in [1.29, 1.82) is 0 Å². The first-order chi connectivity index (χ1) is 13.5. The van der Waals surface area contributed by atoms with Crippen LogP contribution in [0.4, 0.5) is 0 Å². The number of ether oxygens (including phenoxy) is 1. The Balaban J connectivity index is 0.00000240. The topological polar surface area (TPSA) is 60.2 Å². The SMILES string of the molecule is Cc1ncccc1-c1cc2cccnc2n1CCC(=O)N1CC(C)OC(C)C1.Cl. The van der Waals surface area contributed by atoms with Gasteiger partial charge in [0.15, 0.2) is 0 Å². The molecular weight excluding hydrogens is 388 g/mol. The second-order valence-corrected chi connectivity index (χ2v) is 7.54. The highest BCUT2D eigenvalue weighted by atomic mass is 35.5. The molecule has 1 aliphatic heterocycles. The number of hydrogen-bond acceptors (Lipinski definition) is 4. The Bertz CT molecular complexity index is 993. The summed E-state index contributed by atoms with van der Waals surface area (Å²) in [7, 11) is 0. The van der Waals surface area contributed by atoms with E-state index < -0.39 is 0 Å². The average molecular weight is 415 g/mol. The number of aromatic nitrogens is 3. The summed E-state index contributed by atoms with van der Waals surface area (Å²) in [5.74, 6) is 0.161. The van der Waals surface area contributed by atoms with E-state index in [4.69, 9.17) is 4.74 Å². The van der Waals surface area contributed by atoms with Gasteiger partial charge in [0.1, 0.15) is 5.65 Å². The van der Waals surface area contributed by atoms with Crippen LogP contribution in [-0.4, -0.2) is 50.6 Å². The molecule has 0 radical (unpaired) electrons. The van der Waals surface area contributed by atoms with E-state index in [1.807, 2.05) is 37.8 Å². The van der Waals surface area contributed by atoms with Gasteiger partial charge in [0.25, 0.3) is 0 Å². The van der Waals surface area contributed by atoms with Crippen LogP contribution < -0.4 is 0 Å². The van der Waals surface area contributed by atoms with E-state index in [2.05, 4.69) is 32.7 Å². The fourth-order valence-corrected chi connectivity index (χ4v) is 4.04. The molecule has 1 fully saturated rings. The van der Waals surface area contributed by atoms with Gasteiger partial charge in [0, 0.05) is 55.1 Å². The van der Waals surface area contributed by atoms with Crippen LogP contribution in [0.5, 0.6) is 0 Å². The molecule has 0 spiro atoms. The zero-order chi connectivity index (χ0) is 19.7. The molecule has 2 unspecified atom stereocenters. The third kappa shape index (κ3) is 4.43. The number of hydrogen-bond donors (Lipinski definition) is 0. The number of carbonyl (C=O) groups excluding carboxylic acids is 1. The van der Waals surface area contributed by atoms with Crippen LogP contribution in [0.25, 0.3) is 22.3 Å². The molecule has 29 heavy (non-hydrogen) atoms. The van der Waals surface area contributed by atoms with Crippen LogP contribution in [0, 0.1) is 6.92 Å². The number of rotatable bonds is 4. The third-order valence-corrected chi connectivity index (χ3v) is 5.26. The lowest BCUT2D eigenvalue weighted by Gasteiger charge is -2.35. The lowest BCUT2D eigenvalue weighted by Crippen LogP contribution is -2.48. The number of nitrogens with zero attached hydrogens (tertiary/aromatic N) is 4. The first-order valence-electron chi connectivity index (χ1n) is 9.82. The maximum absolute atomic E-state index is 12.9. The fraction of sp³-hybridized carbons (Fsp3) is 0.409. The van der Waals surface area contributed by atoms with Crippen molar-refractivity contribution in [2.75, 3.05) is 13.1 Å². The molecular formula is C22H27ClN4O2. The number of aryl methyl sites for hydroxylation is 2. The summed E-state index contributed by atoms with van der Waals surface area (Å²) >= 11 is 0. The molecule has 1 saturated heterocycles. The highest BCUT2D eigenvalue weighted by molar-refractivity contribution is 5.85. The molecule has 0 saturated carbocycles. The molecule has 1 amide bonds. The first-order valence-corrected chi connectivity index (χ1v) is 9.82. The summed E-state index contributed by atoms with van der Waals surface area (Å²) < 4.78 is 7.89. The number of carbonyl (C=O) groups is 1. The minimum atomic E-state index is 0. The lowest BCUT2D eigenvalue weighted by atomic mass is 10.1. The van der Waals surface area contributed by atoms with Crippen molar-refractivity contribution in [3.8, 4) is 11.3 Å². The summed E-state index contributed by atoms with van der Waals surface area (Å²) in [5, 5.41) is 1.07. The van der Waals surface area contributed by atoms with Gasteiger partial charge in [0.2, 0.25) is 5.91 Å². The van der Waals surface area contributed by atoms with Crippen LogP contribution in [0.3, 0.4) is 0 Å². The smallest absolute Gasteiger partial charge is 0.224 e. The van der Waals surface area contributed by atoms with Crippen LogP contribution >= 0.6 is 12.4 Å². The number of amides is 1. The second-order valence-electron chi connectivity index (χ2n) is 7.54. The minimum absolute atomic E-state index is 0. The Morgan fingerprint density at radius 2 is 1.83 bits per heavy atom. The molecule has 4 rings (SSSR count). The average Bonchev–Trinajstić information content (AvgIpc) is 3.04. The summed E-state index contributed by atoms with van der Waals surface area (Å²) in [4.78, 5) is 23.8. The van der Waals surface area contributed by atoms with Crippen LogP contribution in [0.2, 0.25) is 0 Å². The Kier molecular flexibility index (Phi) is 6.55. The normalized spacial score (nSPS) is 19.2. The number of morpholine rings is 1. The van der Waals surface area contributed by atoms with Gasteiger partial charge in [-0.2, -0.15) is 0 Å². The standard InChI is InChI=1S/C22H26N4O2.ClH/c1-15-13-25(14-16(2)28-15)21(27)8-11-26-20(19-7-5-9-23-17(19)3)12-18-6-4-10-24-22(18)26;/h4-7,9-10,12,15-16H,8,11,13-14H2,1-3H3;1H. The van der Waals surface area contributed by atoms with Crippen molar-refractivity contribution in [2.24, 2.45) is 0 Å². The van der Waals surface area contributed by atoms with E-state index in [0.717, 1.165) is 28.0 Å². The van der Waals surface area contributed by atoms with Crippen molar-refractivity contribution >= 4 is 29.3 Å². The fourth-order valence-electron chi connectivity index (χ4n) is 4.04. The van der Waals surface area contributed by atoms with E-state index in [1.54, 1.807) is 12.4 Å². The quantitative estimate of drug-likeness (QED) is 0.650. The number of pyridine rings is 2. The molecule has 3 aromatic rings. The van der Waals surface area contributed by atoms with Gasteiger partial charge in [0.05, 0.1) is 17.9 Å². The van der Waals surface area contributed by atoms with Gasteiger partial charge in [-0.3, -0.25) is 9.78 Å². The molecule has 0 aliphatic carbocycles. The van der Waals surface area contributed by atoms with Crippen molar-refractivity contribution < 1.29 is 9.53 Å². The summed E-state index contributed by atoms with van der Waals surface area (Å²) in [6.45, 7) is 7.94. The molecule has 3 aromatic heterocycles. The molecule has 6 nitrogen and oxygen atoms in total. The van der Waals surface area contributed by atoms with Crippen molar-refractivity contribution in [3.63, 3.8) is 0 Å². The van der Waals surface area contributed by atoms with E-state index in [-0.39, 0.29) is 30.5 Å². The number of halogens is 1. The van der Waals surface area contributed by atoms with Crippen LogP contribution in [0.1, 0.15) is 26.0 Å². The second kappa shape index (κ2) is 8.93. The largest absolute Gasteiger partial charge is 0.372 e. The van der Waals surface area contributed by atoms with Crippen LogP contribution in [-0.2, 0) is 16.1 Å². The molecule has 0 N–H and O–H groups in total. The van der Waals surface area contributed by atoms with Crippen LogP contribution in [0.15, 0.2) is 42.7 Å². The summed E-state index contributed by atoms with van der Waals surface area (Å²) in [6, 6.07) is 10.1. The molecule has 154 valence electrons. The predicted molar refractivity (Wildman–Crippen MR) is 116 cm³/mol. The van der Waals surface area contributed by atoms with Crippen molar-refractivity contribution in [2.45, 2.75) is 45.9 Å². The number of fused-ring (bicyclic) bond motifs is 1. The van der Waals surface area contributed by atoms with Crippen molar-refractivity contribution in [3.05, 3.63) is 48.4 Å². The summed E-state index contributed by atoms with van der Waals surface area (Å²) in [6.07, 6.45) is 4.19. The van der Waals surface area contributed by atoms with E-state index >= 15 is 0 Å². The van der Waals surface area contributed by atoms with E-state index in [9.17, 15) is 4.79 Å². The maximum atomic E-state index is 12.9. The van der Waals surface area contributed by atoms with E-state index in [0.29, 0.717) is 26.1 Å². The van der Waals surface area contributed by atoms with Crippen molar-refractivity contribution in [1.82, 2.24) is 19.4 Å². The van der Waals surface area contributed by atoms with Gasteiger partial charge < -0.3 is 14.2 Å². The zero-order valence-corrected chi connectivity index (χ0v) is 17.9. The Morgan fingerprint density at radius 3 is 2.55 bits per heavy atom. The van der Waals surface area contributed by atoms with Gasteiger partial charge in [-0.15, -0.1) is 12.4 Å². The van der Waals surface area contributed by atoms with Gasteiger partial charge in [-0.1, -0.05) is 0 Å². The van der Waals surface area contributed by atoms with Gasteiger partial charge >= 0.3 is 0 Å². The lowest BCUT2D eigenvalue weighted by molar-refractivity contribution is -0.143. The molecule has 0 aromatic carbocycles. The monoisotopic (exact) mass is 414 g/mol. The summed E-state index contributed by atoms with van der Waals surface area (Å²) in [5.41, 5.74) is 3.99. The first kappa shape index (κ1) is 21.3. The Hall–Kier alpha value is -2.44. The maximum Gasteiger partial charge on any atom is 0.224 e. The molecule has 7 heteroatoms. The van der Waals surface area contributed by atoms with E-state index in [1.165, 1.54) is 0 Å². The highest BCUT2D eigenvalue weighted by Gasteiger charge is 2.26. The zero-order valence-electron chi connectivity index (χ0n) is 17.0. The Morgan fingerprint density at radius 1 is 1.14 bits per heavy atom. The molecule has 4 heterocycles. The molecule has 2 atom stereocenters. The van der Waals surface area contributed by atoms with Gasteiger partial charge in [-0.25, -0.2) is 4.98 Å². The minimum Gasteiger partial charge on any atom is -0.372 e.